The lowest BCUT2D eigenvalue weighted by Gasteiger charge is -2.41. The van der Waals surface area contributed by atoms with Crippen LogP contribution in [0, 0.1) is 0 Å². The molecule has 160 valence electrons. The largest absolute Gasteiger partial charge is 0.470 e. The smallest absolute Gasteiger partial charge is 0.394 e. The van der Waals surface area contributed by atoms with Gasteiger partial charge in [-0.2, -0.15) is 0 Å². The van der Waals surface area contributed by atoms with Gasteiger partial charge in [-0.15, -0.1) is 0 Å². The standard InChI is InChI=1S/C15H22N5O8P/c16-13-10-14(18-6-17-13)20(7-19-10)15(9-3-1-2-4-26-9)12(22)11(8(5-21)27-15)28-29(23,24)25/h6-9,11-12,21-22H,1-5H2,(H2,16,17,18)(H2,23,24,25)/t8-,9?,11-,12-,15-/m1/s1. The number of nitrogens with two attached hydrogens (primary N) is 1. The van der Waals surface area contributed by atoms with Gasteiger partial charge in [-0.05, 0) is 19.3 Å². The number of ether oxygens (including phenoxy) is 2. The monoisotopic (exact) mass is 431 g/mol. The number of aliphatic hydroxyl groups excluding tert-OH is 2. The average Bonchev–Trinajstić information content (AvgIpc) is 3.23. The molecule has 2 aliphatic rings. The van der Waals surface area contributed by atoms with E-state index in [9.17, 15) is 24.6 Å². The first-order valence-electron chi connectivity index (χ1n) is 9.04. The van der Waals surface area contributed by atoms with Crippen LogP contribution in [-0.4, -0.2) is 77.1 Å². The summed E-state index contributed by atoms with van der Waals surface area (Å²) in [5, 5.41) is 21.0. The van der Waals surface area contributed by atoms with E-state index in [2.05, 4.69) is 15.0 Å². The van der Waals surface area contributed by atoms with Gasteiger partial charge in [0.25, 0.3) is 0 Å². The molecule has 4 heterocycles. The van der Waals surface area contributed by atoms with Crippen LogP contribution in [0.2, 0.25) is 0 Å². The molecule has 2 saturated heterocycles. The number of rotatable bonds is 5. The van der Waals surface area contributed by atoms with Crippen LogP contribution in [0.5, 0.6) is 0 Å². The van der Waals surface area contributed by atoms with Crippen molar-refractivity contribution in [3.8, 4) is 0 Å². The van der Waals surface area contributed by atoms with Crippen molar-refractivity contribution in [2.45, 2.75) is 49.4 Å². The zero-order chi connectivity index (χ0) is 20.8. The maximum Gasteiger partial charge on any atom is 0.470 e. The molecule has 13 nitrogen and oxygen atoms in total. The first kappa shape index (κ1) is 20.6. The van der Waals surface area contributed by atoms with Crippen molar-refractivity contribution in [2.75, 3.05) is 18.9 Å². The molecule has 0 aliphatic carbocycles. The fourth-order valence-electron chi connectivity index (χ4n) is 4.04. The minimum Gasteiger partial charge on any atom is -0.394 e. The molecule has 0 spiro atoms. The predicted octanol–water partition coefficient (Wildman–Crippen LogP) is -1.14. The van der Waals surface area contributed by atoms with E-state index in [1.54, 1.807) is 0 Å². The van der Waals surface area contributed by atoms with Crippen LogP contribution in [-0.2, 0) is 24.3 Å². The molecule has 6 N–H and O–H groups in total. The van der Waals surface area contributed by atoms with Crippen LogP contribution < -0.4 is 5.73 Å². The highest BCUT2D eigenvalue weighted by molar-refractivity contribution is 7.46. The van der Waals surface area contributed by atoms with Crippen molar-refractivity contribution < 1.29 is 38.6 Å². The Labute approximate surface area is 164 Å². The van der Waals surface area contributed by atoms with Crippen LogP contribution in [0.1, 0.15) is 19.3 Å². The molecule has 2 fully saturated rings. The van der Waals surface area contributed by atoms with Gasteiger partial charge < -0.3 is 35.2 Å². The van der Waals surface area contributed by atoms with Gasteiger partial charge in [0.2, 0.25) is 5.72 Å². The molecular weight excluding hydrogens is 409 g/mol. The van der Waals surface area contributed by atoms with Gasteiger partial charge in [0, 0.05) is 6.61 Å². The molecule has 0 aromatic carbocycles. The minimum atomic E-state index is -4.99. The summed E-state index contributed by atoms with van der Waals surface area (Å²) < 4.78 is 29.5. The number of anilines is 1. The molecule has 0 saturated carbocycles. The minimum absolute atomic E-state index is 0.114. The number of imidazole rings is 1. The molecular formula is C15H22N5O8P. The number of aromatic nitrogens is 4. The van der Waals surface area contributed by atoms with Crippen LogP contribution in [0.25, 0.3) is 11.2 Å². The Balaban J connectivity index is 1.87. The second-order valence-corrected chi connectivity index (χ2v) is 8.19. The Morgan fingerprint density at radius 1 is 1.34 bits per heavy atom. The van der Waals surface area contributed by atoms with E-state index in [0.29, 0.717) is 13.0 Å². The zero-order valence-corrected chi connectivity index (χ0v) is 16.1. The SMILES string of the molecule is Nc1ncnc2c1ncn2[C@]1(C2CCCCO2)O[C@H](CO)[C@@H](OP(=O)(O)O)[C@H]1O. The first-order valence-corrected chi connectivity index (χ1v) is 10.6. The second kappa shape index (κ2) is 7.52. The molecule has 2 aromatic rings. The summed E-state index contributed by atoms with van der Waals surface area (Å²) in [4.78, 5) is 30.8. The van der Waals surface area contributed by atoms with E-state index in [-0.39, 0.29) is 17.0 Å². The van der Waals surface area contributed by atoms with Gasteiger partial charge in [0.05, 0.1) is 12.9 Å². The highest BCUT2D eigenvalue weighted by Crippen LogP contribution is 2.49. The maximum atomic E-state index is 11.5. The molecule has 1 unspecified atom stereocenters. The normalized spacial score (nSPS) is 33.4. The highest BCUT2D eigenvalue weighted by atomic mass is 31.2. The van der Waals surface area contributed by atoms with Crippen LogP contribution in [0.4, 0.5) is 5.82 Å². The Morgan fingerprint density at radius 2 is 2.14 bits per heavy atom. The van der Waals surface area contributed by atoms with Crippen molar-refractivity contribution in [1.29, 1.82) is 0 Å². The molecule has 29 heavy (non-hydrogen) atoms. The highest BCUT2D eigenvalue weighted by Gasteiger charge is 2.62. The van der Waals surface area contributed by atoms with Crippen molar-refractivity contribution in [1.82, 2.24) is 19.5 Å². The third kappa shape index (κ3) is 3.43. The maximum absolute atomic E-state index is 11.5. The van der Waals surface area contributed by atoms with E-state index in [0.717, 1.165) is 12.8 Å². The molecule has 0 radical (unpaired) electrons. The topological polar surface area (TPSA) is 195 Å². The Morgan fingerprint density at radius 3 is 2.79 bits per heavy atom. The molecule has 5 atom stereocenters. The number of fused-ring (bicyclic) bond motifs is 1. The van der Waals surface area contributed by atoms with Crippen molar-refractivity contribution in [3.63, 3.8) is 0 Å². The summed E-state index contributed by atoms with van der Waals surface area (Å²) in [5.74, 6) is 0.114. The molecule has 2 aromatic heterocycles. The average molecular weight is 431 g/mol. The Hall–Kier alpha value is -1.70. The fourth-order valence-corrected chi connectivity index (χ4v) is 4.61. The molecule has 0 bridgehead atoms. The molecule has 4 rings (SSSR count). The third-order valence-electron chi connectivity index (χ3n) is 5.26. The van der Waals surface area contributed by atoms with Gasteiger partial charge in [0.15, 0.2) is 11.5 Å². The van der Waals surface area contributed by atoms with Gasteiger partial charge in [-0.3, -0.25) is 9.09 Å². The fraction of sp³-hybridized carbons (Fsp3) is 0.667. The number of nitrogens with zero attached hydrogens (tertiary/aromatic N) is 4. The van der Waals surface area contributed by atoms with Crippen LogP contribution in [0.15, 0.2) is 12.7 Å². The quantitative estimate of drug-likeness (QED) is 0.358. The van der Waals surface area contributed by atoms with E-state index in [1.807, 2.05) is 0 Å². The number of phosphoric acid groups is 1. The van der Waals surface area contributed by atoms with E-state index in [1.165, 1.54) is 17.2 Å². The zero-order valence-electron chi connectivity index (χ0n) is 15.2. The van der Waals surface area contributed by atoms with Crippen molar-refractivity contribution in [3.05, 3.63) is 12.7 Å². The van der Waals surface area contributed by atoms with E-state index >= 15 is 0 Å². The van der Waals surface area contributed by atoms with Crippen molar-refractivity contribution in [2.24, 2.45) is 0 Å². The van der Waals surface area contributed by atoms with Gasteiger partial charge in [0.1, 0.15) is 36.3 Å². The number of hydrogen-bond donors (Lipinski definition) is 5. The lowest BCUT2D eigenvalue weighted by atomic mass is 9.92. The number of phosphoric ester groups is 1. The lowest BCUT2D eigenvalue weighted by Crippen LogP contribution is -2.56. The first-order chi connectivity index (χ1) is 13.8. The van der Waals surface area contributed by atoms with Crippen LogP contribution in [0.3, 0.4) is 0 Å². The van der Waals surface area contributed by atoms with Crippen LogP contribution >= 0.6 is 7.82 Å². The summed E-state index contributed by atoms with van der Waals surface area (Å²) in [6.45, 7) is -0.250. The van der Waals surface area contributed by atoms with E-state index < -0.39 is 44.6 Å². The summed E-state index contributed by atoms with van der Waals surface area (Å²) in [6, 6.07) is 0. The summed E-state index contributed by atoms with van der Waals surface area (Å²) >= 11 is 0. The summed E-state index contributed by atoms with van der Waals surface area (Å²) in [6.07, 6.45) is -0.469. The molecule has 0 amide bonds. The predicted molar refractivity (Wildman–Crippen MR) is 96.2 cm³/mol. The molecule has 14 heteroatoms. The summed E-state index contributed by atoms with van der Waals surface area (Å²) in [5.41, 5.74) is 4.65. The lowest BCUT2D eigenvalue weighted by molar-refractivity contribution is -0.228. The van der Waals surface area contributed by atoms with Gasteiger partial charge in [-0.1, -0.05) is 0 Å². The van der Waals surface area contributed by atoms with E-state index in [4.69, 9.17) is 19.7 Å². The number of hydrogen-bond acceptors (Lipinski definition) is 10. The van der Waals surface area contributed by atoms with Gasteiger partial charge >= 0.3 is 7.82 Å². The van der Waals surface area contributed by atoms with Crippen molar-refractivity contribution >= 4 is 24.8 Å². The number of nitrogen functional groups attached to an aromatic ring is 1. The van der Waals surface area contributed by atoms with Gasteiger partial charge in [-0.25, -0.2) is 19.5 Å². The summed E-state index contributed by atoms with van der Waals surface area (Å²) in [7, 11) is -4.99. The third-order valence-corrected chi connectivity index (χ3v) is 5.78. The Kier molecular flexibility index (Phi) is 5.34. The Bertz CT molecular complexity index is 931. The molecule has 2 aliphatic heterocycles. The second-order valence-electron chi connectivity index (χ2n) is 7.00. The number of aliphatic hydroxyl groups is 2.